The fourth-order valence-electron chi connectivity index (χ4n) is 5.08. The second-order valence-electron chi connectivity index (χ2n) is 10.7. The van der Waals surface area contributed by atoms with Crippen molar-refractivity contribution in [2.75, 3.05) is 40.3 Å². The first kappa shape index (κ1) is 29.1. The summed E-state index contributed by atoms with van der Waals surface area (Å²) in [6, 6.07) is 16.9. The molecule has 214 valence electrons. The zero-order valence-electron chi connectivity index (χ0n) is 24.1. The Balaban J connectivity index is 1.42. The number of benzene rings is 2. The van der Waals surface area contributed by atoms with E-state index in [9.17, 15) is 9.59 Å². The van der Waals surface area contributed by atoms with Crippen molar-refractivity contribution >= 4 is 11.8 Å². The smallest absolute Gasteiger partial charge is 0.254 e. The molecule has 0 saturated carbocycles. The molecule has 4 rings (SSSR count). The van der Waals surface area contributed by atoms with Gasteiger partial charge < -0.3 is 29.1 Å². The van der Waals surface area contributed by atoms with E-state index in [1.165, 1.54) is 0 Å². The van der Waals surface area contributed by atoms with E-state index in [1.807, 2.05) is 68.0 Å². The van der Waals surface area contributed by atoms with Crippen LogP contribution in [-0.2, 0) is 17.8 Å². The molecule has 1 aromatic heterocycles. The topological polar surface area (TPSA) is 97.1 Å². The Bertz CT molecular complexity index is 1280. The van der Waals surface area contributed by atoms with E-state index >= 15 is 0 Å². The highest BCUT2D eigenvalue weighted by Crippen LogP contribution is 2.30. The number of hydrogen-bond donors (Lipinski definition) is 1. The monoisotopic (exact) mass is 548 g/mol. The normalized spacial score (nSPS) is 16.6. The van der Waals surface area contributed by atoms with Gasteiger partial charge in [0, 0.05) is 50.9 Å². The lowest BCUT2D eigenvalue weighted by Gasteiger charge is -2.33. The lowest BCUT2D eigenvalue weighted by atomic mass is 9.94. The first-order valence-corrected chi connectivity index (χ1v) is 13.8. The fraction of sp³-hybridized carbons (Fsp3) is 0.452. The van der Waals surface area contributed by atoms with Gasteiger partial charge in [0.2, 0.25) is 5.91 Å². The van der Waals surface area contributed by atoms with Gasteiger partial charge in [-0.1, -0.05) is 35.5 Å². The summed E-state index contributed by atoms with van der Waals surface area (Å²) in [7, 11) is 3.44. The molecular weight excluding hydrogens is 508 g/mol. The molecular formula is C31H40N4O5. The third kappa shape index (κ3) is 7.41. The molecule has 9 nitrogen and oxygen atoms in total. The minimum Gasteiger partial charge on any atom is -0.493 e. The van der Waals surface area contributed by atoms with Crippen LogP contribution in [0.4, 0.5) is 0 Å². The largest absolute Gasteiger partial charge is 0.493 e. The Kier molecular flexibility index (Phi) is 9.82. The van der Waals surface area contributed by atoms with Crippen LogP contribution in [0.3, 0.4) is 0 Å². The molecule has 1 aliphatic heterocycles. The zero-order chi connectivity index (χ0) is 28.6. The number of aromatic nitrogens is 1. The summed E-state index contributed by atoms with van der Waals surface area (Å²) >= 11 is 0. The molecule has 1 saturated heterocycles. The number of likely N-dealkylation sites (N-methyl/N-ethyl adjacent to an activating group) is 1. The summed E-state index contributed by atoms with van der Waals surface area (Å²) in [4.78, 5) is 30.4. The molecule has 0 aliphatic carbocycles. The van der Waals surface area contributed by atoms with E-state index < -0.39 is 0 Å². The van der Waals surface area contributed by atoms with Gasteiger partial charge >= 0.3 is 0 Å². The molecule has 9 heteroatoms. The zero-order valence-corrected chi connectivity index (χ0v) is 24.1. The maximum Gasteiger partial charge on any atom is 0.254 e. The second-order valence-corrected chi connectivity index (χ2v) is 10.7. The summed E-state index contributed by atoms with van der Waals surface area (Å²) in [5, 5.41) is 7.44. The summed E-state index contributed by atoms with van der Waals surface area (Å²) in [5.74, 6) is 2.21. The maximum atomic E-state index is 13.8. The molecule has 2 atom stereocenters. The van der Waals surface area contributed by atoms with Crippen LogP contribution >= 0.6 is 0 Å². The van der Waals surface area contributed by atoms with E-state index in [1.54, 1.807) is 31.4 Å². The summed E-state index contributed by atoms with van der Waals surface area (Å²) in [6.07, 6.45) is 0.386. The number of ether oxygens (including phenoxy) is 2. The van der Waals surface area contributed by atoms with Crippen molar-refractivity contribution in [3.05, 3.63) is 77.2 Å². The standard InChI is InChI=1S/C31H40N4O5/c1-21(2)35(19-26-17-32-16-25(26)18-34(4)30(36)14-23-9-7-6-8-10-23)31(37)24-11-12-28(38-5)29(15-24)39-20-27-13-22(3)40-33-27/h6-13,15,21,25-26,32H,14,16-20H2,1-5H3/t25-,26-/m0/s1. The molecule has 3 aromatic rings. The Hall–Kier alpha value is -3.85. The average molecular weight is 549 g/mol. The van der Waals surface area contributed by atoms with E-state index in [0.717, 1.165) is 18.7 Å². The quantitative estimate of drug-likeness (QED) is 0.366. The molecule has 1 fully saturated rings. The number of aryl methyl sites for hydroxylation is 1. The first-order chi connectivity index (χ1) is 19.2. The molecule has 2 aromatic carbocycles. The number of rotatable bonds is 12. The maximum absolute atomic E-state index is 13.8. The van der Waals surface area contributed by atoms with Gasteiger partial charge in [-0.25, -0.2) is 0 Å². The van der Waals surface area contributed by atoms with Gasteiger partial charge in [0.1, 0.15) is 18.1 Å². The van der Waals surface area contributed by atoms with Crippen LogP contribution in [0.25, 0.3) is 0 Å². The van der Waals surface area contributed by atoms with Gasteiger partial charge in [0.25, 0.3) is 5.91 Å². The van der Waals surface area contributed by atoms with E-state index in [4.69, 9.17) is 14.0 Å². The van der Waals surface area contributed by atoms with Crippen molar-refractivity contribution in [1.29, 1.82) is 0 Å². The molecule has 0 bridgehead atoms. The van der Waals surface area contributed by atoms with Crippen molar-refractivity contribution in [1.82, 2.24) is 20.3 Å². The van der Waals surface area contributed by atoms with Crippen LogP contribution in [0.1, 0.15) is 41.2 Å². The average Bonchev–Trinajstić information content (AvgIpc) is 3.58. The molecule has 0 unspecified atom stereocenters. The number of nitrogens with one attached hydrogen (secondary N) is 1. The van der Waals surface area contributed by atoms with Crippen LogP contribution in [0, 0.1) is 18.8 Å². The van der Waals surface area contributed by atoms with Gasteiger partial charge in [0.15, 0.2) is 11.5 Å². The Morgan fingerprint density at radius 1 is 1.05 bits per heavy atom. The number of hydrogen-bond acceptors (Lipinski definition) is 7. The number of carbonyl (C=O) groups excluding carboxylic acids is 2. The highest BCUT2D eigenvalue weighted by Gasteiger charge is 2.33. The first-order valence-electron chi connectivity index (χ1n) is 13.8. The summed E-state index contributed by atoms with van der Waals surface area (Å²) in [5.41, 5.74) is 2.20. The molecule has 1 N–H and O–H groups in total. The predicted molar refractivity (Wildman–Crippen MR) is 152 cm³/mol. The van der Waals surface area contributed by atoms with Crippen molar-refractivity contribution in [3.8, 4) is 11.5 Å². The lowest BCUT2D eigenvalue weighted by molar-refractivity contribution is -0.129. The highest BCUT2D eigenvalue weighted by molar-refractivity contribution is 5.95. The third-order valence-electron chi connectivity index (χ3n) is 7.39. The Morgan fingerprint density at radius 2 is 1.77 bits per heavy atom. The molecule has 0 radical (unpaired) electrons. The number of carbonyl (C=O) groups is 2. The van der Waals surface area contributed by atoms with Crippen LogP contribution in [0.5, 0.6) is 11.5 Å². The van der Waals surface area contributed by atoms with E-state index in [2.05, 4.69) is 10.5 Å². The predicted octanol–water partition coefficient (Wildman–Crippen LogP) is 3.96. The van der Waals surface area contributed by atoms with Gasteiger partial charge in [-0.05, 0) is 56.4 Å². The molecule has 1 aliphatic rings. The summed E-state index contributed by atoms with van der Waals surface area (Å²) < 4.78 is 16.5. The van der Waals surface area contributed by atoms with Gasteiger partial charge in [-0.15, -0.1) is 0 Å². The third-order valence-corrected chi connectivity index (χ3v) is 7.39. The minimum atomic E-state index is -0.0704. The number of amides is 2. The second kappa shape index (κ2) is 13.5. The highest BCUT2D eigenvalue weighted by atomic mass is 16.5. The van der Waals surface area contributed by atoms with Crippen LogP contribution in [0.15, 0.2) is 59.1 Å². The van der Waals surface area contributed by atoms with Crippen molar-refractivity contribution in [2.45, 2.75) is 39.8 Å². The number of nitrogens with zero attached hydrogens (tertiary/aromatic N) is 3. The lowest BCUT2D eigenvalue weighted by Crippen LogP contribution is -2.44. The van der Waals surface area contributed by atoms with Crippen molar-refractivity contribution < 1.29 is 23.6 Å². The SMILES string of the molecule is COc1ccc(C(=O)N(C[C@@H]2CNC[C@H]2CN(C)C(=O)Cc2ccccc2)C(C)C)cc1OCc1cc(C)on1. The van der Waals surface area contributed by atoms with Crippen molar-refractivity contribution in [2.24, 2.45) is 11.8 Å². The van der Waals surface area contributed by atoms with Crippen LogP contribution in [-0.4, -0.2) is 73.1 Å². The van der Waals surface area contributed by atoms with Crippen LogP contribution < -0.4 is 14.8 Å². The molecule has 0 spiro atoms. The van der Waals surface area contributed by atoms with Gasteiger partial charge in [-0.3, -0.25) is 9.59 Å². The molecule has 40 heavy (non-hydrogen) atoms. The van der Waals surface area contributed by atoms with E-state index in [-0.39, 0.29) is 36.3 Å². The number of methoxy groups -OCH3 is 1. The van der Waals surface area contributed by atoms with Gasteiger partial charge in [0.05, 0.1) is 13.5 Å². The Morgan fingerprint density at radius 3 is 2.42 bits per heavy atom. The Labute approximate surface area is 236 Å². The fourth-order valence-corrected chi connectivity index (χ4v) is 5.08. The molecule has 2 heterocycles. The summed E-state index contributed by atoms with van der Waals surface area (Å²) in [6.45, 7) is 8.93. The van der Waals surface area contributed by atoms with Crippen molar-refractivity contribution in [3.63, 3.8) is 0 Å². The minimum absolute atomic E-state index is 0.00392. The van der Waals surface area contributed by atoms with E-state index in [0.29, 0.717) is 48.0 Å². The molecule has 2 amide bonds. The van der Waals surface area contributed by atoms with Gasteiger partial charge in [-0.2, -0.15) is 0 Å². The van der Waals surface area contributed by atoms with Crippen LogP contribution in [0.2, 0.25) is 0 Å².